The van der Waals surface area contributed by atoms with Gasteiger partial charge in [0.25, 0.3) is 0 Å². The van der Waals surface area contributed by atoms with Crippen molar-refractivity contribution in [2.75, 3.05) is 32.7 Å². The van der Waals surface area contributed by atoms with Crippen LogP contribution in [-0.4, -0.2) is 54.5 Å². The van der Waals surface area contributed by atoms with Gasteiger partial charge < -0.3 is 10.6 Å². The average molecular weight is 253 g/mol. The molecule has 0 unspecified atom stereocenters. The standard InChI is InChI=1S/C14H27N3O/c1-2-7-16-9-5-13(6-10-16)17-8-3-4-12(11-17)14(15)18/h12-13H,2-11H2,1H3,(H2,15,18)/t12-/m0/s1. The quantitative estimate of drug-likeness (QED) is 0.815. The van der Waals surface area contributed by atoms with E-state index in [-0.39, 0.29) is 11.8 Å². The second kappa shape index (κ2) is 6.53. The molecule has 4 nitrogen and oxygen atoms in total. The van der Waals surface area contributed by atoms with Gasteiger partial charge in [0.2, 0.25) is 5.91 Å². The molecule has 4 heteroatoms. The van der Waals surface area contributed by atoms with Gasteiger partial charge in [-0.2, -0.15) is 0 Å². The Hall–Kier alpha value is -0.610. The van der Waals surface area contributed by atoms with E-state index in [4.69, 9.17) is 5.73 Å². The van der Waals surface area contributed by atoms with Gasteiger partial charge in [0.1, 0.15) is 0 Å². The van der Waals surface area contributed by atoms with E-state index in [0.717, 1.165) is 25.9 Å². The van der Waals surface area contributed by atoms with E-state index in [0.29, 0.717) is 6.04 Å². The van der Waals surface area contributed by atoms with Crippen molar-refractivity contribution in [1.29, 1.82) is 0 Å². The minimum absolute atomic E-state index is 0.0902. The van der Waals surface area contributed by atoms with Gasteiger partial charge in [-0.25, -0.2) is 0 Å². The molecule has 2 fully saturated rings. The minimum Gasteiger partial charge on any atom is -0.369 e. The van der Waals surface area contributed by atoms with Crippen LogP contribution in [-0.2, 0) is 4.79 Å². The van der Waals surface area contributed by atoms with Crippen molar-refractivity contribution >= 4 is 5.91 Å². The van der Waals surface area contributed by atoms with Crippen molar-refractivity contribution < 1.29 is 4.79 Å². The first-order valence-electron chi connectivity index (χ1n) is 7.46. The first-order valence-corrected chi connectivity index (χ1v) is 7.46. The Kier molecular flexibility index (Phi) is 5.01. The van der Waals surface area contributed by atoms with E-state index in [1.807, 2.05) is 0 Å². The molecule has 104 valence electrons. The molecule has 0 aromatic carbocycles. The van der Waals surface area contributed by atoms with Crippen LogP contribution in [0.4, 0.5) is 0 Å². The van der Waals surface area contributed by atoms with E-state index in [9.17, 15) is 4.79 Å². The molecule has 18 heavy (non-hydrogen) atoms. The summed E-state index contributed by atoms with van der Waals surface area (Å²) < 4.78 is 0. The fraction of sp³-hybridized carbons (Fsp3) is 0.929. The normalized spacial score (nSPS) is 28.4. The minimum atomic E-state index is -0.108. The third-order valence-electron chi connectivity index (χ3n) is 4.47. The van der Waals surface area contributed by atoms with Gasteiger partial charge in [0, 0.05) is 12.6 Å². The van der Waals surface area contributed by atoms with Gasteiger partial charge in [-0.1, -0.05) is 6.92 Å². The van der Waals surface area contributed by atoms with Crippen LogP contribution in [0.2, 0.25) is 0 Å². The lowest BCUT2D eigenvalue weighted by atomic mass is 9.93. The summed E-state index contributed by atoms with van der Waals surface area (Å²) in [5, 5.41) is 0. The zero-order chi connectivity index (χ0) is 13.0. The van der Waals surface area contributed by atoms with Gasteiger partial charge in [-0.05, 0) is 58.3 Å². The maximum Gasteiger partial charge on any atom is 0.221 e. The third-order valence-corrected chi connectivity index (χ3v) is 4.47. The van der Waals surface area contributed by atoms with Gasteiger partial charge in [0.15, 0.2) is 0 Å². The van der Waals surface area contributed by atoms with E-state index in [2.05, 4.69) is 16.7 Å². The van der Waals surface area contributed by atoms with E-state index >= 15 is 0 Å². The molecular weight excluding hydrogens is 226 g/mol. The third kappa shape index (κ3) is 3.45. The lowest BCUT2D eigenvalue weighted by molar-refractivity contribution is -0.123. The molecule has 0 radical (unpaired) electrons. The summed E-state index contributed by atoms with van der Waals surface area (Å²) in [6.45, 7) is 7.97. The molecule has 0 aliphatic carbocycles. The zero-order valence-electron chi connectivity index (χ0n) is 11.6. The molecule has 0 aromatic rings. The number of carbonyl (C=O) groups is 1. The van der Waals surface area contributed by atoms with Crippen molar-refractivity contribution in [3.63, 3.8) is 0 Å². The topological polar surface area (TPSA) is 49.6 Å². The molecule has 0 aromatic heterocycles. The average Bonchev–Trinajstić information content (AvgIpc) is 2.40. The van der Waals surface area contributed by atoms with E-state index < -0.39 is 0 Å². The SMILES string of the molecule is CCCN1CCC(N2CCC[C@H](C(N)=O)C2)CC1. The van der Waals surface area contributed by atoms with Crippen LogP contribution in [0.5, 0.6) is 0 Å². The zero-order valence-corrected chi connectivity index (χ0v) is 11.6. The number of nitrogens with two attached hydrogens (primary N) is 1. The molecule has 2 saturated heterocycles. The maximum absolute atomic E-state index is 11.3. The Morgan fingerprint density at radius 1 is 1.22 bits per heavy atom. The van der Waals surface area contributed by atoms with Crippen molar-refractivity contribution in [3.8, 4) is 0 Å². The molecule has 0 spiro atoms. The molecular formula is C14H27N3O. The predicted molar refractivity (Wildman–Crippen MR) is 73.2 cm³/mol. The van der Waals surface area contributed by atoms with Crippen molar-refractivity contribution in [2.24, 2.45) is 11.7 Å². The number of amides is 1. The van der Waals surface area contributed by atoms with Crippen molar-refractivity contribution in [3.05, 3.63) is 0 Å². The summed E-state index contributed by atoms with van der Waals surface area (Å²) in [4.78, 5) is 16.4. The number of piperidine rings is 2. The van der Waals surface area contributed by atoms with Gasteiger partial charge in [0.05, 0.1) is 5.92 Å². The van der Waals surface area contributed by atoms with Crippen molar-refractivity contribution in [2.45, 2.75) is 45.1 Å². The number of carbonyl (C=O) groups excluding carboxylic acids is 1. The van der Waals surface area contributed by atoms with Gasteiger partial charge in [-0.3, -0.25) is 9.69 Å². The van der Waals surface area contributed by atoms with Crippen LogP contribution < -0.4 is 5.73 Å². The van der Waals surface area contributed by atoms with Crippen LogP contribution in [0.3, 0.4) is 0 Å². The van der Waals surface area contributed by atoms with Crippen molar-refractivity contribution in [1.82, 2.24) is 9.80 Å². The Labute approximate surface area is 110 Å². The van der Waals surface area contributed by atoms with Crippen LogP contribution in [0.25, 0.3) is 0 Å². The lowest BCUT2D eigenvalue weighted by Crippen LogP contribution is -2.50. The maximum atomic E-state index is 11.3. The number of hydrogen-bond acceptors (Lipinski definition) is 3. The summed E-state index contributed by atoms with van der Waals surface area (Å²) >= 11 is 0. The monoisotopic (exact) mass is 253 g/mol. The molecule has 2 heterocycles. The van der Waals surface area contributed by atoms with Crippen LogP contribution in [0.1, 0.15) is 39.0 Å². The summed E-state index contributed by atoms with van der Waals surface area (Å²) in [5.41, 5.74) is 5.45. The molecule has 0 bridgehead atoms. The smallest absolute Gasteiger partial charge is 0.221 e. The predicted octanol–water partition coefficient (Wildman–Crippen LogP) is 1.06. The summed E-state index contributed by atoms with van der Waals surface area (Å²) in [6, 6.07) is 0.681. The van der Waals surface area contributed by atoms with Gasteiger partial charge in [-0.15, -0.1) is 0 Å². The summed E-state index contributed by atoms with van der Waals surface area (Å²) in [6.07, 6.45) is 5.87. The van der Waals surface area contributed by atoms with Crippen LogP contribution >= 0.6 is 0 Å². The highest BCUT2D eigenvalue weighted by Gasteiger charge is 2.30. The van der Waals surface area contributed by atoms with E-state index in [1.54, 1.807) is 0 Å². The molecule has 2 aliphatic rings. The molecule has 2 N–H and O–H groups in total. The second-order valence-corrected chi connectivity index (χ2v) is 5.81. The largest absolute Gasteiger partial charge is 0.369 e. The number of primary amides is 1. The molecule has 0 saturated carbocycles. The molecule has 1 amide bonds. The first kappa shape index (κ1) is 13.8. The Morgan fingerprint density at radius 2 is 1.94 bits per heavy atom. The Morgan fingerprint density at radius 3 is 2.56 bits per heavy atom. The lowest BCUT2D eigenvalue weighted by Gasteiger charge is -2.41. The number of nitrogens with zero attached hydrogens (tertiary/aromatic N) is 2. The molecule has 1 atom stereocenters. The fourth-order valence-electron chi connectivity index (χ4n) is 3.39. The van der Waals surface area contributed by atoms with Crippen LogP contribution in [0.15, 0.2) is 0 Å². The summed E-state index contributed by atoms with van der Waals surface area (Å²) in [5.74, 6) is -0.0180. The molecule has 2 rings (SSSR count). The van der Waals surface area contributed by atoms with Crippen LogP contribution in [0, 0.1) is 5.92 Å². The molecule has 2 aliphatic heterocycles. The Balaban J connectivity index is 1.80. The summed E-state index contributed by atoms with van der Waals surface area (Å²) in [7, 11) is 0. The highest BCUT2D eigenvalue weighted by atomic mass is 16.1. The second-order valence-electron chi connectivity index (χ2n) is 5.81. The van der Waals surface area contributed by atoms with Gasteiger partial charge >= 0.3 is 0 Å². The highest BCUT2D eigenvalue weighted by molar-refractivity contribution is 5.76. The van der Waals surface area contributed by atoms with E-state index in [1.165, 1.54) is 38.9 Å². The first-order chi connectivity index (χ1) is 8.70. The number of likely N-dealkylation sites (tertiary alicyclic amines) is 2. The number of rotatable bonds is 4. The fourth-order valence-corrected chi connectivity index (χ4v) is 3.39. The Bertz CT molecular complexity index is 274. The highest BCUT2D eigenvalue weighted by Crippen LogP contribution is 2.23. The number of hydrogen-bond donors (Lipinski definition) is 1.